The fourth-order valence-corrected chi connectivity index (χ4v) is 3.11. The molecule has 1 N–H and O–H groups in total. The van der Waals surface area contributed by atoms with Crippen LogP contribution in [0.25, 0.3) is 16.7 Å². The Kier molecular flexibility index (Phi) is 3.88. The molecule has 0 atom stereocenters. The maximum absolute atomic E-state index is 14.2. The smallest absolute Gasteiger partial charge is 0.312 e. The summed E-state index contributed by atoms with van der Waals surface area (Å²) >= 11 is 0. The Labute approximate surface area is 145 Å². The van der Waals surface area contributed by atoms with Gasteiger partial charge in [-0.05, 0) is 43.2 Å². The van der Waals surface area contributed by atoms with E-state index in [4.69, 9.17) is 0 Å². The molecule has 1 aliphatic rings. The van der Waals surface area contributed by atoms with Crippen LogP contribution < -0.4 is 11.2 Å². The van der Waals surface area contributed by atoms with Crippen molar-refractivity contribution in [1.82, 2.24) is 14.1 Å². The number of hydrogen-bond donors (Lipinski definition) is 1. The molecule has 2 aromatic heterocycles. The van der Waals surface area contributed by atoms with Gasteiger partial charge >= 0.3 is 5.69 Å². The molecule has 118 valence electrons. The second-order valence-corrected chi connectivity index (χ2v) is 5.58. The van der Waals surface area contributed by atoms with Gasteiger partial charge in [-0.25, -0.2) is 9.18 Å². The molecule has 5 nitrogen and oxygen atoms in total. The van der Waals surface area contributed by atoms with Crippen molar-refractivity contribution in [3.05, 3.63) is 62.2 Å². The molecule has 0 fully saturated rings. The van der Waals surface area contributed by atoms with Crippen LogP contribution in [-0.2, 0) is 34.0 Å². The summed E-state index contributed by atoms with van der Waals surface area (Å²) in [6, 6.07) is 7.32. The summed E-state index contributed by atoms with van der Waals surface area (Å²) in [5.41, 5.74) is 1.82. The van der Waals surface area contributed by atoms with Crippen LogP contribution in [0.2, 0.25) is 0 Å². The molecular formula is C16H13FN3O2W-. The maximum atomic E-state index is 14.2. The Morgan fingerprint density at radius 2 is 2.09 bits per heavy atom. The Morgan fingerprint density at radius 3 is 2.83 bits per heavy atom. The minimum absolute atomic E-state index is 0. The minimum atomic E-state index is -0.503. The summed E-state index contributed by atoms with van der Waals surface area (Å²) < 4.78 is 17.0. The molecule has 3 aromatic rings. The van der Waals surface area contributed by atoms with Gasteiger partial charge < -0.3 is 9.55 Å². The molecule has 1 aliphatic heterocycles. The van der Waals surface area contributed by atoms with Gasteiger partial charge in [0, 0.05) is 27.6 Å². The predicted octanol–water partition coefficient (Wildman–Crippen LogP) is 1.67. The standard InChI is InChI=1S/C16H13FN3O2.W/c1-9-4-5-11(10(17)7-9)20-13-8-14(21)19-6-2-3-12(19)15(13)18-16(20)22;/h4-5,7H,2-3,6H2,1H3,(H,18,22);/q-1;. The molecular weight excluding hydrogens is 469 g/mol. The Hall–Kier alpha value is -1.94. The fraction of sp³-hybridized carbons (Fsp3) is 0.250. The zero-order chi connectivity index (χ0) is 15.4. The topological polar surface area (TPSA) is 59.8 Å². The average Bonchev–Trinajstić information content (AvgIpc) is 3.05. The third kappa shape index (κ3) is 2.32. The minimum Gasteiger partial charge on any atom is -0.382 e. The van der Waals surface area contributed by atoms with Crippen LogP contribution in [0.15, 0.2) is 27.8 Å². The van der Waals surface area contributed by atoms with E-state index in [0.29, 0.717) is 17.6 Å². The number of benzene rings is 1. The fourth-order valence-electron chi connectivity index (χ4n) is 3.11. The van der Waals surface area contributed by atoms with Gasteiger partial charge in [0.2, 0.25) is 0 Å². The van der Waals surface area contributed by atoms with E-state index in [-0.39, 0.29) is 32.3 Å². The number of halogens is 1. The van der Waals surface area contributed by atoms with Crippen molar-refractivity contribution >= 4 is 11.0 Å². The number of pyridine rings is 1. The van der Waals surface area contributed by atoms with Crippen LogP contribution in [0.5, 0.6) is 0 Å². The molecule has 0 unspecified atom stereocenters. The Morgan fingerprint density at radius 1 is 1.30 bits per heavy atom. The summed E-state index contributed by atoms with van der Waals surface area (Å²) in [5.74, 6) is -0.503. The maximum Gasteiger partial charge on any atom is 0.312 e. The van der Waals surface area contributed by atoms with E-state index in [2.05, 4.69) is 11.1 Å². The third-order valence-corrected chi connectivity index (χ3v) is 4.12. The zero-order valence-corrected chi connectivity index (χ0v) is 15.3. The monoisotopic (exact) mass is 482 g/mol. The first-order chi connectivity index (χ1) is 10.6. The number of nitrogens with one attached hydrogen (secondary N) is 1. The van der Waals surface area contributed by atoms with Crippen molar-refractivity contribution < 1.29 is 25.5 Å². The van der Waals surface area contributed by atoms with Crippen molar-refractivity contribution in [3.63, 3.8) is 0 Å². The van der Waals surface area contributed by atoms with Crippen molar-refractivity contribution in [1.29, 1.82) is 0 Å². The van der Waals surface area contributed by atoms with E-state index >= 15 is 0 Å². The van der Waals surface area contributed by atoms with Gasteiger partial charge in [-0.1, -0.05) is 17.1 Å². The molecule has 7 heteroatoms. The van der Waals surface area contributed by atoms with Gasteiger partial charge in [0.15, 0.2) is 5.56 Å². The zero-order valence-electron chi connectivity index (χ0n) is 12.4. The Balaban J connectivity index is 0.00000156. The largest absolute Gasteiger partial charge is 0.382 e. The molecule has 0 radical (unpaired) electrons. The summed E-state index contributed by atoms with van der Waals surface area (Å²) in [6.07, 6.45) is 1.57. The average molecular weight is 482 g/mol. The van der Waals surface area contributed by atoms with Gasteiger partial charge in [-0.3, -0.25) is 9.36 Å². The van der Waals surface area contributed by atoms with Crippen LogP contribution >= 0.6 is 0 Å². The molecule has 3 heterocycles. The van der Waals surface area contributed by atoms with Crippen LogP contribution in [0.3, 0.4) is 0 Å². The first-order valence-corrected chi connectivity index (χ1v) is 7.12. The van der Waals surface area contributed by atoms with Gasteiger partial charge in [-0.15, -0.1) is 0 Å². The van der Waals surface area contributed by atoms with Gasteiger partial charge in [0.25, 0.3) is 0 Å². The van der Waals surface area contributed by atoms with E-state index in [1.165, 1.54) is 16.7 Å². The number of imidazole rings is 1. The van der Waals surface area contributed by atoms with Gasteiger partial charge in [0.1, 0.15) is 5.82 Å². The molecule has 0 saturated carbocycles. The number of aromatic nitrogens is 3. The molecule has 23 heavy (non-hydrogen) atoms. The Bertz CT molecular complexity index is 1030. The van der Waals surface area contributed by atoms with Crippen molar-refractivity contribution in [2.45, 2.75) is 26.3 Å². The molecule has 0 bridgehead atoms. The van der Waals surface area contributed by atoms with E-state index in [1.54, 1.807) is 17.6 Å². The summed E-state index contributed by atoms with van der Waals surface area (Å²) in [5, 5.41) is 0. The third-order valence-electron chi connectivity index (χ3n) is 4.12. The number of fused-ring (bicyclic) bond motifs is 3. The number of aryl methyl sites for hydroxylation is 2. The first kappa shape index (κ1) is 15.9. The number of hydrogen-bond acceptors (Lipinski definition) is 2. The number of aromatic amines is 1. The van der Waals surface area contributed by atoms with Crippen LogP contribution in [0.1, 0.15) is 17.7 Å². The predicted molar refractivity (Wildman–Crippen MR) is 80.0 cm³/mol. The van der Waals surface area contributed by atoms with Crippen LogP contribution in [0.4, 0.5) is 4.39 Å². The van der Waals surface area contributed by atoms with Crippen molar-refractivity contribution in [2.75, 3.05) is 0 Å². The molecule has 0 amide bonds. The quantitative estimate of drug-likeness (QED) is 0.537. The van der Waals surface area contributed by atoms with E-state index in [1.807, 2.05) is 0 Å². The van der Waals surface area contributed by atoms with E-state index < -0.39 is 11.5 Å². The van der Waals surface area contributed by atoms with Crippen LogP contribution in [0, 0.1) is 18.8 Å². The SMILES string of the molecule is Cc1ccc(-n2c(=O)[nH]c3c4n(c(=O)[c-]c32)CCC4)c(F)c1.[W]. The molecule has 1 aromatic carbocycles. The summed E-state index contributed by atoms with van der Waals surface area (Å²) in [7, 11) is 0. The summed E-state index contributed by atoms with van der Waals surface area (Å²) in [6.45, 7) is 2.41. The second kappa shape index (κ2) is 5.60. The number of H-pyrrole nitrogens is 1. The first-order valence-electron chi connectivity index (χ1n) is 7.12. The molecule has 0 spiro atoms. The van der Waals surface area contributed by atoms with Crippen molar-refractivity contribution in [2.24, 2.45) is 0 Å². The summed E-state index contributed by atoms with van der Waals surface area (Å²) in [4.78, 5) is 27.2. The van der Waals surface area contributed by atoms with Crippen molar-refractivity contribution in [3.8, 4) is 5.69 Å². The molecule has 0 saturated heterocycles. The molecule has 0 aliphatic carbocycles. The molecule has 4 rings (SSSR count). The van der Waals surface area contributed by atoms with Crippen LogP contribution in [-0.4, -0.2) is 14.1 Å². The normalized spacial score (nSPS) is 13.1. The number of rotatable bonds is 1. The van der Waals surface area contributed by atoms with E-state index in [9.17, 15) is 14.0 Å². The second-order valence-electron chi connectivity index (χ2n) is 5.58. The van der Waals surface area contributed by atoms with Gasteiger partial charge in [-0.2, -0.15) is 6.07 Å². The van der Waals surface area contributed by atoms with Gasteiger partial charge in [0.05, 0.1) is 5.69 Å². The number of nitrogens with zero attached hydrogens (tertiary/aromatic N) is 2. The van der Waals surface area contributed by atoms with E-state index in [0.717, 1.165) is 24.1 Å².